The molecule has 0 bridgehead atoms. The number of oxazole rings is 1. The summed E-state index contributed by atoms with van der Waals surface area (Å²) < 4.78 is 5.85. The number of nitrogens with zero attached hydrogens (tertiary/aromatic N) is 2. The number of anilines is 1. The summed E-state index contributed by atoms with van der Waals surface area (Å²) in [4.78, 5) is 18.0. The molecule has 1 spiro atoms. The Labute approximate surface area is 128 Å². The molecule has 2 aliphatic rings. The fourth-order valence-electron chi connectivity index (χ4n) is 3.11. The van der Waals surface area contributed by atoms with Crippen LogP contribution >= 0.6 is 0 Å². The molecule has 0 atom stereocenters. The smallest absolute Gasteiger partial charge is 0.315 e. The summed E-state index contributed by atoms with van der Waals surface area (Å²) in [5.74, 6) is 0. The van der Waals surface area contributed by atoms with E-state index in [4.69, 9.17) is 4.42 Å². The third kappa shape index (κ3) is 2.01. The molecular weight excluding hydrogens is 280 g/mol. The van der Waals surface area contributed by atoms with Crippen LogP contribution in [0.15, 0.2) is 22.6 Å². The van der Waals surface area contributed by atoms with E-state index in [2.05, 4.69) is 53.4 Å². The molecule has 2 N–H and O–H groups in total. The van der Waals surface area contributed by atoms with Crippen molar-refractivity contribution in [1.29, 1.82) is 0 Å². The van der Waals surface area contributed by atoms with Gasteiger partial charge in [0, 0.05) is 19.6 Å². The second kappa shape index (κ2) is 4.15. The Kier molecular flexibility index (Phi) is 2.53. The van der Waals surface area contributed by atoms with Crippen molar-refractivity contribution in [2.45, 2.75) is 31.7 Å². The predicted octanol–water partition coefficient (Wildman–Crippen LogP) is 2.00. The van der Waals surface area contributed by atoms with Crippen LogP contribution in [0.5, 0.6) is 0 Å². The predicted molar refractivity (Wildman–Crippen MR) is 84.2 cm³/mol. The maximum absolute atomic E-state index is 11.3. The van der Waals surface area contributed by atoms with Crippen LogP contribution in [-0.2, 0) is 5.41 Å². The molecule has 116 valence electrons. The molecule has 1 aromatic carbocycles. The van der Waals surface area contributed by atoms with E-state index in [0.717, 1.165) is 24.2 Å². The average molecular weight is 300 g/mol. The third-order valence-electron chi connectivity index (χ3n) is 4.47. The standard InChI is InChI=1S/C16H20N4O2/c1-15(2,3)10-4-5-12-11(6-10)18-14(22-12)20-8-16(9-20)7-17-13(21)19-16/h4-6H,7-9H2,1-3H3,(H2,17,19,21). The molecule has 2 fully saturated rings. The van der Waals surface area contributed by atoms with Crippen LogP contribution in [0.1, 0.15) is 26.3 Å². The summed E-state index contributed by atoms with van der Waals surface area (Å²) in [5, 5.41) is 5.78. The first-order valence-electron chi connectivity index (χ1n) is 7.57. The van der Waals surface area contributed by atoms with Crippen molar-refractivity contribution in [2.24, 2.45) is 0 Å². The number of urea groups is 1. The minimum atomic E-state index is -0.158. The monoisotopic (exact) mass is 300 g/mol. The maximum Gasteiger partial charge on any atom is 0.315 e. The minimum absolute atomic E-state index is 0.0907. The highest BCUT2D eigenvalue weighted by Gasteiger charge is 2.49. The van der Waals surface area contributed by atoms with Crippen molar-refractivity contribution in [1.82, 2.24) is 15.6 Å². The Hall–Kier alpha value is -2.24. The van der Waals surface area contributed by atoms with E-state index in [-0.39, 0.29) is 17.0 Å². The molecule has 2 aliphatic heterocycles. The molecule has 2 saturated heterocycles. The first-order chi connectivity index (χ1) is 10.3. The summed E-state index contributed by atoms with van der Waals surface area (Å²) in [6.45, 7) is 8.67. The van der Waals surface area contributed by atoms with Crippen molar-refractivity contribution >= 4 is 23.1 Å². The molecule has 0 aliphatic carbocycles. The summed E-state index contributed by atoms with van der Waals surface area (Å²) in [6, 6.07) is 6.72. The maximum atomic E-state index is 11.3. The molecular formula is C16H20N4O2. The van der Waals surface area contributed by atoms with Crippen LogP contribution in [0.25, 0.3) is 11.1 Å². The molecule has 0 unspecified atom stereocenters. The van der Waals surface area contributed by atoms with Crippen LogP contribution in [0, 0.1) is 0 Å². The van der Waals surface area contributed by atoms with Crippen molar-refractivity contribution in [2.75, 3.05) is 24.5 Å². The summed E-state index contributed by atoms with van der Waals surface area (Å²) in [7, 11) is 0. The highest BCUT2D eigenvalue weighted by atomic mass is 16.4. The fourth-order valence-corrected chi connectivity index (χ4v) is 3.11. The normalized spacial score (nSPS) is 20.1. The number of amides is 2. The van der Waals surface area contributed by atoms with Gasteiger partial charge in [-0.15, -0.1) is 0 Å². The summed E-state index contributed by atoms with van der Waals surface area (Å²) in [6.07, 6.45) is 0. The van der Waals surface area contributed by atoms with E-state index < -0.39 is 0 Å². The van der Waals surface area contributed by atoms with Crippen molar-refractivity contribution < 1.29 is 9.21 Å². The molecule has 0 saturated carbocycles. The molecule has 2 amide bonds. The van der Waals surface area contributed by atoms with Gasteiger partial charge in [0.25, 0.3) is 6.01 Å². The lowest BCUT2D eigenvalue weighted by Gasteiger charge is -2.45. The van der Waals surface area contributed by atoms with Gasteiger partial charge in [0.15, 0.2) is 5.58 Å². The Morgan fingerprint density at radius 3 is 2.73 bits per heavy atom. The molecule has 0 radical (unpaired) electrons. The molecule has 22 heavy (non-hydrogen) atoms. The van der Waals surface area contributed by atoms with E-state index in [1.165, 1.54) is 5.56 Å². The Balaban J connectivity index is 1.58. The van der Waals surface area contributed by atoms with Crippen LogP contribution in [0.3, 0.4) is 0 Å². The van der Waals surface area contributed by atoms with Gasteiger partial charge >= 0.3 is 6.03 Å². The number of hydrogen-bond acceptors (Lipinski definition) is 4. The minimum Gasteiger partial charge on any atom is -0.423 e. The Morgan fingerprint density at radius 2 is 2.09 bits per heavy atom. The quantitative estimate of drug-likeness (QED) is 0.845. The summed E-state index contributed by atoms with van der Waals surface area (Å²) >= 11 is 0. The number of carbonyl (C=O) groups excluding carboxylic acids is 1. The largest absolute Gasteiger partial charge is 0.423 e. The van der Waals surface area contributed by atoms with Crippen molar-refractivity contribution in [3.63, 3.8) is 0 Å². The van der Waals surface area contributed by atoms with Crippen LogP contribution < -0.4 is 15.5 Å². The van der Waals surface area contributed by atoms with Crippen molar-refractivity contribution in [3.05, 3.63) is 23.8 Å². The van der Waals surface area contributed by atoms with Gasteiger partial charge in [0.2, 0.25) is 0 Å². The van der Waals surface area contributed by atoms with Crippen LogP contribution in [0.2, 0.25) is 0 Å². The summed E-state index contributed by atoms with van der Waals surface area (Å²) in [5.41, 5.74) is 2.86. The second-order valence-corrected chi connectivity index (χ2v) is 7.37. The molecule has 2 aromatic rings. The Bertz CT molecular complexity index is 753. The highest BCUT2D eigenvalue weighted by molar-refractivity contribution is 5.79. The Morgan fingerprint density at radius 1 is 1.32 bits per heavy atom. The van der Waals surface area contributed by atoms with Crippen LogP contribution in [0.4, 0.5) is 10.8 Å². The van der Waals surface area contributed by atoms with Crippen LogP contribution in [-0.4, -0.2) is 36.2 Å². The van der Waals surface area contributed by atoms with E-state index in [9.17, 15) is 4.79 Å². The SMILES string of the molecule is CC(C)(C)c1ccc2oc(N3CC4(CNC(=O)N4)C3)nc2c1. The van der Waals surface area contributed by atoms with Gasteiger partial charge in [-0.05, 0) is 23.1 Å². The molecule has 6 heteroatoms. The lowest BCUT2D eigenvalue weighted by atomic mass is 9.87. The van der Waals surface area contributed by atoms with Gasteiger partial charge in [-0.25, -0.2) is 4.79 Å². The van der Waals surface area contributed by atoms with Gasteiger partial charge in [-0.2, -0.15) is 4.98 Å². The van der Waals surface area contributed by atoms with E-state index in [1.54, 1.807) is 0 Å². The topological polar surface area (TPSA) is 70.4 Å². The lowest BCUT2D eigenvalue weighted by molar-refractivity contribution is 0.238. The van der Waals surface area contributed by atoms with E-state index in [1.807, 2.05) is 6.07 Å². The third-order valence-corrected chi connectivity index (χ3v) is 4.47. The molecule has 6 nitrogen and oxygen atoms in total. The second-order valence-electron chi connectivity index (χ2n) is 7.37. The zero-order chi connectivity index (χ0) is 15.5. The first-order valence-corrected chi connectivity index (χ1v) is 7.57. The zero-order valence-electron chi connectivity index (χ0n) is 13.1. The molecule has 1 aromatic heterocycles. The van der Waals surface area contributed by atoms with Crippen molar-refractivity contribution in [3.8, 4) is 0 Å². The number of rotatable bonds is 1. The lowest BCUT2D eigenvalue weighted by Crippen LogP contribution is -2.69. The van der Waals surface area contributed by atoms with Gasteiger partial charge in [-0.1, -0.05) is 26.8 Å². The molecule has 4 rings (SSSR count). The molecule has 3 heterocycles. The number of benzene rings is 1. The van der Waals surface area contributed by atoms with Gasteiger partial charge in [-0.3, -0.25) is 0 Å². The fraction of sp³-hybridized carbons (Fsp3) is 0.500. The van der Waals surface area contributed by atoms with Gasteiger partial charge in [0.1, 0.15) is 5.52 Å². The number of nitrogens with one attached hydrogen (secondary N) is 2. The average Bonchev–Trinajstić information content (AvgIpc) is 2.97. The zero-order valence-corrected chi connectivity index (χ0v) is 13.1. The van der Waals surface area contributed by atoms with Gasteiger partial charge in [0.05, 0.1) is 5.54 Å². The highest BCUT2D eigenvalue weighted by Crippen LogP contribution is 2.32. The van der Waals surface area contributed by atoms with Gasteiger partial charge < -0.3 is 20.0 Å². The number of fused-ring (bicyclic) bond motifs is 1. The number of carbonyl (C=O) groups is 1. The number of aromatic nitrogens is 1. The van der Waals surface area contributed by atoms with E-state index in [0.29, 0.717) is 12.6 Å². The van der Waals surface area contributed by atoms with E-state index >= 15 is 0 Å². The first kappa shape index (κ1) is 13.4. The number of hydrogen-bond donors (Lipinski definition) is 2.